The van der Waals surface area contributed by atoms with E-state index in [1.165, 1.54) is 11.3 Å². The molecule has 1 aliphatic heterocycles. The molecule has 0 saturated carbocycles. The van der Waals surface area contributed by atoms with E-state index in [0.29, 0.717) is 18.4 Å². The van der Waals surface area contributed by atoms with E-state index in [-0.39, 0.29) is 6.10 Å². The molecule has 1 aromatic rings. The fraction of sp³-hybridized carbons (Fsp3) is 0.667. The maximum atomic E-state index is 5.58. The van der Waals surface area contributed by atoms with Gasteiger partial charge in [-0.3, -0.25) is 0 Å². The highest BCUT2D eigenvalue weighted by molar-refractivity contribution is 7.11. The topological polar surface area (TPSA) is 40.6 Å². The van der Waals surface area contributed by atoms with Crippen LogP contribution >= 0.6 is 11.3 Å². The molecule has 0 N–H and O–H groups in total. The Kier molecular flexibility index (Phi) is 2.71. The van der Waals surface area contributed by atoms with Crippen molar-refractivity contribution in [1.29, 1.82) is 0 Å². The van der Waals surface area contributed by atoms with Crippen molar-refractivity contribution in [3.63, 3.8) is 0 Å². The van der Waals surface area contributed by atoms with Crippen LogP contribution in [0.5, 0.6) is 5.19 Å². The standard InChI is InChI=1S/C9H13NO3S/c1-9(2)12-6-7(13-9)5-11-8-10-3-4-14-8/h3-4,7H,5-6H2,1-2H3/t7-/m0/s1. The first-order chi connectivity index (χ1) is 6.66. The minimum Gasteiger partial charge on any atom is -0.467 e. The minimum atomic E-state index is -0.475. The summed E-state index contributed by atoms with van der Waals surface area (Å²) in [6.45, 7) is 4.88. The highest BCUT2D eigenvalue weighted by Crippen LogP contribution is 2.23. The Morgan fingerprint density at radius 2 is 2.57 bits per heavy atom. The molecule has 1 atom stereocenters. The molecule has 1 aliphatic rings. The number of aromatic nitrogens is 1. The number of ether oxygens (including phenoxy) is 3. The Balaban J connectivity index is 1.78. The van der Waals surface area contributed by atoms with Crippen LogP contribution in [0.2, 0.25) is 0 Å². The van der Waals surface area contributed by atoms with Gasteiger partial charge < -0.3 is 14.2 Å². The smallest absolute Gasteiger partial charge is 0.273 e. The van der Waals surface area contributed by atoms with E-state index >= 15 is 0 Å². The first-order valence-corrected chi connectivity index (χ1v) is 5.38. The molecule has 4 nitrogen and oxygen atoms in total. The highest BCUT2D eigenvalue weighted by Gasteiger charge is 2.33. The minimum absolute atomic E-state index is 0.00824. The van der Waals surface area contributed by atoms with Gasteiger partial charge in [0.15, 0.2) is 5.79 Å². The van der Waals surface area contributed by atoms with Gasteiger partial charge in [-0.25, -0.2) is 4.98 Å². The Hall–Kier alpha value is -0.650. The van der Waals surface area contributed by atoms with Gasteiger partial charge in [0.25, 0.3) is 5.19 Å². The summed E-state index contributed by atoms with van der Waals surface area (Å²) in [5.74, 6) is -0.475. The molecule has 2 heterocycles. The van der Waals surface area contributed by atoms with Crippen molar-refractivity contribution in [1.82, 2.24) is 4.98 Å². The van der Waals surface area contributed by atoms with Gasteiger partial charge in [-0.1, -0.05) is 11.3 Å². The van der Waals surface area contributed by atoms with Crippen LogP contribution in [-0.4, -0.2) is 30.1 Å². The first-order valence-electron chi connectivity index (χ1n) is 4.50. The number of hydrogen-bond acceptors (Lipinski definition) is 5. The summed E-state index contributed by atoms with van der Waals surface area (Å²) in [4.78, 5) is 4.01. The predicted molar refractivity (Wildman–Crippen MR) is 52.5 cm³/mol. The lowest BCUT2D eigenvalue weighted by Crippen LogP contribution is -2.25. The molecule has 1 aromatic heterocycles. The van der Waals surface area contributed by atoms with Crippen LogP contribution in [0.15, 0.2) is 11.6 Å². The van der Waals surface area contributed by atoms with Gasteiger partial charge in [-0.15, -0.1) is 0 Å². The molecule has 5 heteroatoms. The second-order valence-corrected chi connectivity index (χ2v) is 4.42. The largest absolute Gasteiger partial charge is 0.467 e. The zero-order valence-electron chi connectivity index (χ0n) is 8.23. The SMILES string of the molecule is CC1(C)OC[C@H](COc2nccs2)O1. The van der Waals surface area contributed by atoms with Crippen LogP contribution in [0.3, 0.4) is 0 Å². The lowest BCUT2D eigenvalue weighted by molar-refractivity contribution is -0.141. The number of thiazole rings is 1. The summed E-state index contributed by atoms with van der Waals surface area (Å²) < 4.78 is 16.4. The van der Waals surface area contributed by atoms with Gasteiger partial charge in [0.1, 0.15) is 12.7 Å². The molecule has 0 unspecified atom stereocenters. The third-order valence-corrected chi connectivity index (χ3v) is 2.55. The fourth-order valence-electron chi connectivity index (χ4n) is 1.29. The lowest BCUT2D eigenvalue weighted by atomic mass is 10.4. The molecule has 0 aromatic carbocycles. The average molecular weight is 215 g/mol. The quantitative estimate of drug-likeness (QED) is 0.769. The Labute approximate surface area is 86.8 Å². The van der Waals surface area contributed by atoms with E-state index in [1.807, 2.05) is 19.2 Å². The molecule has 14 heavy (non-hydrogen) atoms. The van der Waals surface area contributed by atoms with Crippen molar-refractivity contribution in [2.45, 2.75) is 25.7 Å². The number of hydrogen-bond donors (Lipinski definition) is 0. The van der Waals surface area contributed by atoms with Crippen molar-refractivity contribution in [2.24, 2.45) is 0 Å². The van der Waals surface area contributed by atoms with E-state index in [9.17, 15) is 0 Å². The summed E-state index contributed by atoms with van der Waals surface area (Å²) in [7, 11) is 0. The number of nitrogens with zero attached hydrogens (tertiary/aromatic N) is 1. The van der Waals surface area contributed by atoms with Crippen LogP contribution in [-0.2, 0) is 9.47 Å². The third kappa shape index (κ3) is 2.43. The molecule has 1 fully saturated rings. The second-order valence-electron chi connectivity index (χ2n) is 3.56. The Morgan fingerprint density at radius 1 is 1.71 bits per heavy atom. The summed E-state index contributed by atoms with van der Waals surface area (Å²) in [6.07, 6.45) is 1.73. The monoisotopic (exact) mass is 215 g/mol. The van der Waals surface area contributed by atoms with Crippen molar-refractivity contribution >= 4 is 11.3 Å². The van der Waals surface area contributed by atoms with Gasteiger partial charge >= 0.3 is 0 Å². The van der Waals surface area contributed by atoms with Gasteiger partial charge in [-0.2, -0.15) is 0 Å². The van der Waals surface area contributed by atoms with Crippen LogP contribution in [0.25, 0.3) is 0 Å². The van der Waals surface area contributed by atoms with Crippen molar-refractivity contribution < 1.29 is 14.2 Å². The van der Waals surface area contributed by atoms with Crippen LogP contribution in [0, 0.1) is 0 Å². The van der Waals surface area contributed by atoms with E-state index in [1.54, 1.807) is 6.20 Å². The molecule has 0 spiro atoms. The zero-order chi connectivity index (χ0) is 10.0. The molecule has 0 aliphatic carbocycles. The summed E-state index contributed by atoms with van der Waals surface area (Å²) in [6, 6.07) is 0. The molecule has 0 bridgehead atoms. The molecular weight excluding hydrogens is 202 g/mol. The van der Waals surface area contributed by atoms with E-state index in [2.05, 4.69) is 4.98 Å². The average Bonchev–Trinajstić information content (AvgIpc) is 2.70. The molecular formula is C9H13NO3S. The zero-order valence-corrected chi connectivity index (χ0v) is 9.04. The predicted octanol–water partition coefficient (Wildman–Crippen LogP) is 1.67. The summed E-state index contributed by atoms with van der Waals surface area (Å²) >= 11 is 1.48. The van der Waals surface area contributed by atoms with Gasteiger partial charge in [0.05, 0.1) is 6.61 Å². The summed E-state index contributed by atoms with van der Waals surface area (Å²) in [5, 5.41) is 2.56. The van der Waals surface area contributed by atoms with Crippen molar-refractivity contribution in [3.8, 4) is 5.19 Å². The maximum absolute atomic E-state index is 5.58. The van der Waals surface area contributed by atoms with Gasteiger partial charge in [0, 0.05) is 11.6 Å². The fourth-order valence-corrected chi connectivity index (χ4v) is 1.79. The van der Waals surface area contributed by atoms with E-state index in [4.69, 9.17) is 14.2 Å². The van der Waals surface area contributed by atoms with Crippen LogP contribution in [0.4, 0.5) is 0 Å². The molecule has 2 rings (SSSR count). The molecule has 78 valence electrons. The van der Waals surface area contributed by atoms with Gasteiger partial charge in [-0.05, 0) is 13.8 Å². The number of rotatable bonds is 3. The van der Waals surface area contributed by atoms with Crippen molar-refractivity contribution in [2.75, 3.05) is 13.2 Å². The molecule has 0 radical (unpaired) electrons. The Bertz CT molecular complexity index is 286. The normalized spacial score (nSPS) is 25.1. The van der Waals surface area contributed by atoms with Crippen molar-refractivity contribution in [3.05, 3.63) is 11.6 Å². The first kappa shape index (κ1) is 9.89. The van der Waals surface area contributed by atoms with E-state index in [0.717, 1.165) is 0 Å². The second kappa shape index (κ2) is 3.84. The Morgan fingerprint density at radius 3 is 3.14 bits per heavy atom. The maximum Gasteiger partial charge on any atom is 0.273 e. The summed E-state index contributed by atoms with van der Waals surface area (Å²) in [5.41, 5.74) is 0. The molecule has 0 amide bonds. The molecule has 1 saturated heterocycles. The lowest BCUT2D eigenvalue weighted by Gasteiger charge is -2.16. The van der Waals surface area contributed by atoms with E-state index < -0.39 is 5.79 Å². The van der Waals surface area contributed by atoms with Crippen LogP contribution in [0.1, 0.15) is 13.8 Å². The van der Waals surface area contributed by atoms with Crippen LogP contribution < -0.4 is 4.74 Å². The van der Waals surface area contributed by atoms with Gasteiger partial charge in [0.2, 0.25) is 0 Å². The third-order valence-electron chi connectivity index (χ3n) is 1.87. The highest BCUT2D eigenvalue weighted by atomic mass is 32.1.